The molecule has 1 heterocycles. The highest BCUT2D eigenvalue weighted by Crippen LogP contribution is 2.34. The van der Waals surface area contributed by atoms with E-state index in [-0.39, 0.29) is 17.5 Å². The van der Waals surface area contributed by atoms with E-state index in [0.717, 1.165) is 30.7 Å². The third-order valence-electron chi connectivity index (χ3n) is 5.58. The molecule has 1 aromatic carbocycles. The lowest BCUT2D eigenvalue weighted by Gasteiger charge is -2.23. The van der Waals surface area contributed by atoms with E-state index in [0.29, 0.717) is 19.4 Å². The third-order valence-corrected chi connectivity index (χ3v) is 5.58. The fraction of sp³-hybridized carbons (Fsp3) is 0.545. The smallest absolute Gasteiger partial charge is 0.335 e. The molecule has 0 bridgehead atoms. The first-order valence-electron chi connectivity index (χ1n) is 10.0. The Morgan fingerprint density at radius 1 is 1.22 bits per heavy atom. The van der Waals surface area contributed by atoms with Crippen LogP contribution in [0.25, 0.3) is 0 Å². The molecule has 5 nitrogen and oxygen atoms in total. The van der Waals surface area contributed by atoms with Gasteiger partial charge >= 0.3 is 5.97 Å². The summed E-state index contributed by atoms with van der Waals surface area (Å²) in [6.07, 6.45) is 11.2. The topological polar surface area (TPSA) is 77.8 Å². The van der Waals surface area contributed by atoms with Gasteiger partial charge < -0.3 is 15.1 Å². The van der Waals surface area contributed by atoms with Crippen LogP contribution >= 0.6 is 0 Å². The van der Waals surface area contributed by atoms with Crippen LogP contribution < -0.4 is 0 Å². The first-order chi connectivity index (χ1) is 13.0. The van der Waals surface area contributed by atoms with E-state index in [4.69, 9.17) is 5.11 Å². The van der Waals surface area contributed by atoms with Crippen LogP contribution in [0.1, 0.15) is 60.9 Å². The number of rotatable bonds is 10. The molecule has 1 amide bonds. The Balaban J connectivity index is 1.47. The molecule has 2 fully saturated rings. The molecule has 0 unspecified atom stereocenters. The van der Waals surface area contributed by atoms with Crippen molar-refractivity contribution in [2.45, 2.75) is 63.5 Å². The molecule has 0 radical (unpaired) electrons. The van der Waals surface area contributed by atoms with Gasteiger partial charge in [0.05, 0.1) is 17.7 Å². The number of carboxylic acids is 1. The Morgan fingerprint density at radius 2 is 1.96 bits per heavy atom. The number of nitrogens with zero attached hydrogens (tertiary/aromatic N) is 1. The molecular weight excluding hydrogens is 342 g/mol. The van der Waals surface area contributed by atoms with Gasteiger partial charge in [0.1, 0.15) is 0 Å². The maximum atomic E-state index is 12.2. The second kappa shape index (κ2) is 9.18. The summed E-state index contributed by atoms with van der Waals surface area (Å²) in [5, 5.41) is 19.1. The van der Waals surface area contributed by atoms with E-state index in [2.05, 4.69) is 0 Å². The maximum absolute atomic E-state index is 12.2. The molecule has 1 aliphatic heterocycles. The number of carbonyl (C=O) groups excluding carboxylic acids is 1. The molecule has 2 atom stereocenters. The van der Waals surface area contributed by atoms with Crippen molar-refractivity contribution in [3.05, 3.63) is 47.5 Å². The summed E-state index contributed by atoms with van der Waals surface area (Å²) in [7, 11) is 0. The van der Waals surface area contributed by atoms with E-state index in [1.165, 1.54) is 19.3 Å². The number of hydrogen-bond acceptors (Lipinski definition) is 3. The highest BCUT2D eigenvalue weighted by Gasteiger charge is 2.28. The summed E-state index contributed by atoms with van der Waals surface area (Å²) >= 11 is 0. The number of aromatic carboxylic acids is 1. The minimum atomic E-state index is -0.933. The van der Waals surface area contributed by atoms with Gasteiger partial charge in [-0.25, -0.2) is 4.79 Å². The highest BCUT2D eigenvalue weighted by atomic mass is 16.4. The fourth-order valence-electron chi connectivity index (χ4n) is 3.68. The van der Waals surface area contributed by atoms with E-state index >= 15 is 0 Å². The number of hydrogen-bond donors (Lipinski definition) is 2. The quantitative estimate of drug-likeness (QED) is 0.618. The van der Waals surface area contributed by atoms with Crippen molar-refractivity contribution in [2.75, 3.05) is 6.54 Å². The summed E-state index contributed by atoms with van der Waals surface area (Å²) in [6, 6.07) is 6.85. The largest absolute Gasteiger partial charge is 0.478 e. The Hall–Kier alpha value is -2.14. The molecule has 2 N–H and O–H groups in total. The molecule has 1 saturated carbocycles. The van der Waals surface area contributed by atoms with Gasteiger partial charge in [0.25, 0.3) is 0 Å². The number of aliphatic hydroxyl groups excluding tert-OH is 1. The molecule has 0 spiro atoms. The van der Waals surface area contributed by atoms with Crippen LogP contribution in [-0.4, -0.2) is 45.7 Å². The lowest BCUT2D eigenvalue weighted by atomic mass is 10.1. The lowest BCUT2D eigenvalue weighted by Crippen LogP contribution is -2.33. The minimum absolute atomic E-state index is 0.0499. The van der Waals surface area contributed by atoms with Gasteiger partial charge in [-0.05, 0) is 42.9 Å². The van der Waals surface area contributed by atoms with Crippen LogP contribution in [0.2, 0.25) is 0 Å². The molecule has 27 heavy (non-hydrogen) atoms. The molecule has 1 aromatic rings. The zero-order valence-corrected chi connectivity index (χ0v) is 15.7. The summed E-state index contributed by atoms with van der Waals surface area (Å²) in [5.41, 5.74) is 1.29. The number of benzene rings is 1. The molecule has 0 aromatic heterocycles. The predicted molar refractivity (Wildman–Crippen MR) is 104 cm³/mol. The summed E-state index contributed by atoms with van der Waals surface area (Å²) < 4.78 is 0. The van der Waals surface area contributed by atoms with Gasteiger partial charge in [0.2, 0.25) is 5.91 Å². The number of amides is 1. The van der Waals surface area contributed by atoms with Gasteiger partial charge in [-0.1, -0.05) is 50.0 Å². The number of aliphatic hydroxyl groups is 1. The first-order valence-corrected chi connectivity index (χ1v) is 10.0. The van der Waals surface area contributed by atoms with Crippen LogP contribution in [0.3, 0.4) is 0 Å². The summed E-state index contributed by atoms with van der Waals surface area (Å²) in [4.78, 5) is 25.0. The highest BCUT2D eigenvalue weighted by molar-refractivity contribution is 5.87. The SMILES string of the molecule is O=C(O)c1ccc(CCN2C(=O)CC[C@@H]2/C=C/[C@@H](O)CCCC2CC2)cc1. The van der Waals surface area contributed by atoms with Crippen LogP contribution in [0.4, 0.5) is 0 Å². The molecule has 146 valence electrons. The minimum Gasteiger partial charge on any atom is -0.478 e. The molecule has 5 heteroatoms. The van der Waals surface area contributed by atoms with Gasteiger partial charge in [0.15, 0.2) is 0 Å². The predicted octanol–water partition coefficient (Wildman–Crippen LogP) is 3.42. The first kappa shape index (κ1) is 19.6. The van der Waals surface area contributed by atoms with Gasteiger partial charge in [0, 0.05) is 13.0 Å². The van der Waals surface area contributed by atoms with Crippen LogP contribution in [0, 0.1) is 5.92 Å². The van der Waals surface area contributed by atoms with E-state index in [9.17, 15) is 14.7 Å². The molecular formula is C22H29NO4. The van der Waals surface area contributed by atoms with Crippen molar-refractivity contribution < 1.29 is 19.8 Å². The molecule has 1 aliphatic carbocycles. The van der Waals surface area contributed by atoms with Crippen LogP contribution in [-0.2, 0) is 11.2 Å². The molecule has 2 aliphatic rings. The average molecular weight is 371 g/mol. The van der Waals surface area contributed by atoms with E-state index < -0.39 is 12.1 Å². The van der Waals surface area contributed by atoms with Crippen molar-refractivity contribution in [2.24, 2.45) is 5.92 Å². The second-order valence-electron chi connectivity index (χ2n) is 7.77. The monoisotopic (exact) mass is 371 g/mol. The third kappa shape index (κ3) is 5.93. The Kier molecular flexibility index (Phi) is 6.67. The number of likely N-dealkylation sites (tertiary alicyclic amines) is 1. The van der Waals surface area contributed by atoms with Crippen molar-refractivity contribution in [3.63, 3.8) is 0 Å². The van der Waals surface area contributed by atoms with Crippen LogP contribution in [0.15, 0.2) is 36.4 Å². The zero-order chi connectivity index (χ0) is 19.2. The number of carboxylic acid groups (broad SMARTS) is 1. The van der Waals surface area contributed by atoms with Crippen LogP contribution in [0.5, 0.6) is 0 Å². The van der Waals surface area contributed by atoms with Crippen molar-refractivity contribution in [1.82, 2.24) is 4.90 Å². The number of carbonyl (C=O) groups is 2. The van der Waals surface area contributed by atoms with E-state index in [1.807, 2.05) is 17.1 Å². The van der Waals surface area contributed by atoms with Crippen molar-refractivity contribution in [1.29, 1.82) is 0 Å². The van der Waals surface area contributed by atoms with Gasteiger partial charge in [-0.15, -0.1) is 0 Å². The Bertz CT molecular complexity index is 678. The summed E-state index contributed by atoms with van der Waals surface area (Å²) in [6.45, 7) is 0.609. The fourth-order valence-corrected chi connectivity index (χ4v) is 3.68. The van der Waals surface area contributed by atoms with Crippen molar-refractivity contribution >= 4 is 11.9 Å². The normalized spacial score (nSPS) is 21.1. The van der Waals surface area contributed by atoms with Crippen molar-refractivity contribution in [3.8, 4) is 0 Å². The van der Waals surface area contributed by atoms with Gasteiger partial charge in [-0.2, -0.15) is 0 Å². The van der Waals surface area contributed by atoms with Gasteiger partial charge in [-0.3, -0.25) is 4.79 Å². The maximum Gasteiger partial charge on any atom is 0.335 e. The van der Waals surface area contributed by atoms with E-state index in [1.54, 1.807) is 24.3 Å². The standard InChI is InChI=1S/C22H29NO4/c24-20(3-1-2-16-4-5-16)12-10-19-11-13-21(25)23(19)15-14-17-6-8-18(9-7-17)22(26)27/h6-10,12,16,19-20,24H,1-5,11,13-15H2,(H,26,27)/b12-10+/t19-,20-/m0/s1. The Morgan fingerprint density at radius 3 is 2.63 bits per heavy atom. The second-order valence-corrected chi connectivity index (χ2v) is 7.77. The Labute approximate surface area is 160 Å². The molecule has 1 saturated heterocycles. The zero-order valence-electron chi connectivity index (χ0n) is 15.7. The lowest BCUT2D eigenvalue weighted by molar-refractivity contribution is -0.128. The molecule has 3 rings (SSSR count). The summed E-state index contributed by atoms with van der Waals surface area (Å²) in [5.74, 6) is 0.112. The average Bonchev–Trinajstić information content (AvgIpc) is 3.41.